The molecule has 10 nitrogen and oxygen atoms in total. The maximum atomic E-state index is 4.41. The van der Waals surface area contributed by atoms with Crippen molar-refractivity contribution in [3.63, 3.8) is 0 Å². The van der Waals surface area contributed by atoms with Gasteiger partial charge in [-0.3, -0.25) is 0 Å². The third kappa shape index (κ3) is 8.33. The van der Waals surface area contributed by atoms with Crippen LogP contribution in [0.25, 0.3) is 0 Å². The normalized spacial score (nSPS) is 11.1. The molecule has 0 aliphatic rings. The Morgan fingerprint density at radius 3 is 1.27 bits per heavy atom. The zero-order valence-corrected chi connectivity index (χ0v) is 23.9. The van der Waals surface area contributed by atoms with Gasteiger partial charge in [0.25, 0.3) is 0 Å². The van der Waals surface area contributed by atoms with Crippen LogP contribution in [0.3, 0.4) is 0 Å². The molecule has 0 unspecified atom stereocenters. The average molecular weight is 561 g/mol. The van der Waals surface area contributed by atoms with Gasteiger partial charge in [0.15, 0.2) is 0 Å². The van der Waals surface area contributed by atoms with Crippen LogP contribution in [0.2, 0.25) is 0 Å². The highest BCUT2D eigenvalue weighted by Gasteiger charge is 2.12. The number of hydrogen-bond donors (Lipinski definition) is 0. The molecule has 41 heavy (non-hydrogen) atoms. The van der Waals surface area contributed by atoms with Crippen molar-refractivity contribution in [2.24, 2.45) is 48.6 Å². The molecule has 2 aromatic heterocycles. The van der Waals surface area contributed by atoms with E-state index in [1.807, 2.05) is 95.5 Å². The molecule has 0 N–H and O–H groups in total. The summed E-state index contributed by atoms with van der Waals surface area (Å²) >= 11 is 0. The molecule has 0 bridgehead atoms. The van der Waals surface area contributed by atoms with Crippen LogP contribution in [0.4, 0.5) is 34.6 Å². The van der Waals surface area contributed by atoms with E-state index in [0.717, 1.165) is 55.9 Å². The van der Waals surface area contributed by atoms with Crippen LogP contribution in [0, 0.1) is 0 Å². The maximum absolute atomic E-state index is 4.41. The maximum Gasteiger partial charge on any atom is 0.421 e. The van der Waals surface area contributed by atoms with Gasteiger partial charge in [-0.15, -0.1) is 0 Å². The van der Waals surface area contributed by atoms with E-state index in [1.54, 1.807) is 0 Å². The zero-order chi connectivity index (χ0) is 27.8. The number of azo groups is 2. The third-order valence-corrected chi connectivity index (χ3v) is 6.85. The van der Waals surface area contributed by atoms with Gasteiger partial charge in [0.1, 0.15) is 11.4 Å². The molecule has 0 amide bonds. The summed E-state index contributed by atoms with van der Waals surface area (Å²) in [4.78, 5) is 4.80. The highest BCUT2D eigenvalue weighted by atomic mass is 15.3. The molecule has 4 aromatic rings. The first kappa shape index (κ1) is 32.9. The number of benzene rings is 2. The van der Waals surface area contributed by atoms with Gasteiger partial charge in [0, 0.05) is 47.8 Å². The standard InChI is InChI=1S/C29H40N10.2CH4/c1-7-38(26-14-10-24(11-15-26)30-32-28-34(3)20-21-35(28)4)18-9-19-39(8-2)27-16-12-25(13-17-27)31-33-29-36(5)22-23-37(29)6;;/h10-17,20-23H,7-9,18-19H2,1-6H3;2*1H4/q+2;;. The topological polar surface area (TPSA) is 73.5 Å². The highest BCUT2D eigenvalue weighted by Crippen LogP contribution is 2.23. The Morgan fingerprint density at radius 1 is 0.610 bits per heavy atom. The fourth-order valence-electron chi connectivity index (χ4n) is 4.50. The predicted octanol–water partition coefficient (Wildman–Crippen LogP) is 6.86. The van der Waals surface area contributed by atoms with E-state index in [1.165, 1.54) is 11.4 Å². The number of rotatable bonds is 12. The van der Waals surface area contributed by atoms with Crippen LogP contribution in [-0.2, 0) is 28.2 Å². The first-order valence-electron chi connectivity index (χ1n) is 13.4. The number of aryl methyl sites for hydroxylation is 4. The quantitative estimate of drug-likeness (QED) is 0.140. The van der Waals surface area contributed by atoms with E-state index in [2.05, 4.69) is 68.4 Å². The summed E-state index contributed by atoms with van der Waals surface area (Å²) in [5, 5.41) is 17.6. The van der Waals surface area contributed by atoms with Crippen molar-refractivity contribution in [1.82, 2.24) is 9.13 Å². The fourth-order valence-corrected chi connectivity index (χ4v) is 4.50. The number of anilines is 2. The summed E-state index contributed by atoms with van der Waals surface area (Å²) in [6.07, 6.45) is 8.91. The SMILES string of the molecule is C.C.CCN(CCCN(CC)c1ccc(N=Nc2n(C)cc[n+]2C)cc1)c1ccc(N=Nc2n(C)cc[n+]2C)cc1. The van der Waals surface area contributed by atoms with E-state index in [-0.39, 0.29) is 14.9 Å². The minimum atomic E-state index is 0. The van der Waals surface area contributed by atoms with Gasteiger partial charge in [-0.05, 0) is 68.8 Å². The molecule has 10 heteroatoms. The molecule has 220 valence electrons. The van der Waals surface area contributed by atoms with Crippen LogP contribution in [0.5, 0.6) is 0 Å². The number of nitrogens with zero attached hydrogens (tertiary/aromatic N) is 10. The molecule has 0 saturated carbocycles. The second-order valence-electron chi connectivity index (χ2n) is 9.59. The van der Waals surface area contributed by atoms with Crippen LogP contribution in [-0.4, -0.2) is 35.3 Å². The molecular formula is C31H48N10+2. The Labute approximate surface area is 245 Å². The van der Waals surface area contributed by atoms with Gasteiger partial charge in [-0.1, -0.05) is 25.1 Å². The Morgan fingerprint density at radius 2 is 0.976 bits per heavy atom. The smallest absolute Gasteiger partial charge is 0.372 e. The summed E-state index contributed by atoms with van der Waals surface area (Å²) < 4.78 is 7.79. The monoisotopic (exact) mass is 560 g/mol. The van der Waals surface area contributed by atoms with Crippen LogP contribution in [0.15, 0.2) is 93.8 Å². The molecule has 2 heterocycles. The molecule has 0 atom stereocenters. The second-order valence-corrected chi connectivity index (χ2v) is 9.59. The van der Waals surface area contributed by atoms with Gasteiger partial charge in [0.2, 0.25) is 0 Å². The lowest BCUT2D eigenvalue weighted by Gasteiger charge is -2.27. The van der Waals surface area contributed by atoms with Gasteiger partial charge in [0.05, 0.1) is 53.0 Å². The van der Waals surface area contributed by atoms with Crippen molar-refractivity contribution in [1.29, 1.82) is 0 Å². The van der Waals surface area contributed by atoms with Crippen molar-refractivity contribution in [2.45, 2.75) is 35.1 Å². The first-order valence-corrected chi connectivity index (χ1v) is 13.4. The molecule has 0 fully saturated rings. The Balaban J connectivity index is 0.00000294. The molecule has 0 radical (unpaired) electrons. The second kappa shape index (κ2) is 15.4. The summed E-state index contributed by atoms with van der Waals surface area (Å²) in [6, 6.07) is 16.6. The predicted molar refractivity (Wildman–Crippen MR) is 168 cm³/mol. The Kier molecular flexibility index (Phi) is 12.4. The fraction of sp³-hybridized carbons (Fsp3) is 0.419. The molecule has 0 aliphatic carbocycles. The summed E-state index contributed by atoms with van der Waals surface area (Å²) in [5.74, 6) is 1.60. The van der Waals surface area contributed by atoms with E-state index in [9.17, 15) is 0 Å². The molecule has 0 spiro atoms. The minimum Gasteiger partial charge on any atom is -0.372 e. The van der Waals surface area contributed by atoms with Crippen molar-refractivity contribution in [2.75, 3.05) is 36.0 Å². The van der Waals surface area contributed by atoms with E-state index in [4.69, 9.17) is 0 Å². The van der Waals surface area contributed by atoms with Crippen molar-refractivity contribution in [3.05, 3.63) is 73.3 Å². The highest BCUT2D eigenvalue weighted by molar-refractivity contribution is 5.54. The van der Waals surface area contributed by atoms with Gasteiger partial charge in [-0.2, -0.15) is 0 Å². The van der Waals surface area contributed by atoms with Crippen molar-refractivity contribution < 1.29 is 9.13 Å². The van der Waals surface area contributed by atoms with Gasteiger partial charge < -0.3 is 9.80 Å². The molecule has 0 saturated heterocycles. The van der Waals surface area contributed by atoms with Crippen LogP contribution in [0.1, 0.15) is 35.1 Å². The first-order chi connectivity index (χ1) is 18.9. The van der Waals surface area contributed by atoms with Gasteiger partial charge in [-0.25, -0.2) is 18.3 Å². The third-order valence-electron chi connectivity index (χ3n) is 6.85. The summed E-state index contributed by atoms with van der Waals surface area (Å²) in [7, 11) is 7.85. The van der Waals surface area contributed by atoms with E-state index in [0.29, 0.717) is 0 Å². The Hall–Kier alpha value is -4.34. The lowest BCUT2D eigenvalue weighted by Crippen LogP contribution is -2.30. The Bertz CT molecular complexity index is 1250. The lowest BCUT2D eigenvalue weighted by molar-refractivity contribution is -0.657. The van der Waals surface area contributed by atoms with E-state index < -0.39 is 0 Å². The van der Waals surface area contributed by atoms with Gasteiger partial charge >= 0.3 is 11.9 Å². The van der Waals surface area contributed by atoms with Crippen LogP contribution >= 0.6 is 0 Å². The molecule has 0 aliphatic heterocycles. The summed E-state index contributed by atoms with van der Waals surface area (Å²) in [5.41, 5.74) is 4.08. The largest absolute Gasteiger partial charge is 0.421 e. The molecular weight excluding hydrogens is 512 g/mol. The van der Waals surface area contributed by atoms with Crippen LogP contribution < -0.4 is 18.9 Å². The molecule has 2 aromatic carbocycles. The average Bonchev–Trinajstić information content (AvgIpc) is 3.45. The minimum absolute atomic E-state index is 0. The summed E-state index contributed by atoms with van der Waals surface area (Å²) in [6.45, 7) is 8.25. The molecule has 4 rings (SSSR count). The lowest BCUT2D eigenvalue weighted by atomic mass is 10.2. The number of imidazole rings is 2. The van der Waals surface area contributed by atoms with Crippen molar-refractivity contribution >= 4 is 34.6 Å². The number of hydrogen-bond acceptors (Lipinski definition) is 6. The van der Waals surface area contributed by atoms with Crippen molar-refractivity contribution in [3.8, 4) is 0 Å². The number of aromatic nitrogens is 4. The van der Waals surface area contributed by atoms with E-state index >= 15 is 0 Å². The zero-order valence-electron chi connectivity index (χ0n) is 23.9.